The third-order valence-electron chi connectivity index (χ3n) is 2.47. The van der Waals surface area contributed by atoms with Crippen molar-refractivity contribution >= 4 is 17.0 Å². The Kier molecular flexibility index (Phi) is 6.79. The van der Waals surface area contributed by atoms with E-state index in [1.54, 1.807) is 32.2 Å². The van der Waals surface area contributed by atoms with E-state index < -0.39 is 11.3 Å². The fraction of sp³-hybridized carbons (Fsp3) is 0.500. The molecule has 2 unspecified atom stereocenters. The Bertz CT molecular complexity index is 426. The van der Waals surface area contributed by atoms with Crippen molar-refractivity contribution in [1.82, 2.24) is 0 Å². The maximum absolute atomic E-state index is 10.9. The molecule has 0 saturated heterocycles. The van der Waals surface area contributed by atoms with Crippen LogP contribution in [0.5, 0.6) is 5.75 Å². The molecule has 0 bridgehead atoms. The van der Waals surface area contributed by atoms with E-state index in [4.69, 9.17) is 19.8 Å². The van der Waals surface area contributed by atoms with Crippen LogP contribution < -0.4 is 15.2 Å². The Hall–Kier alpha value is -1.15. The molecule has 7 heteroatoms. The largest absolute Gasteiger partial charge is 0.493 e. The Labute approximate surface area is 115 Å². The Morgan fingerprint density at radius 3 is 2.79 bits per heavy atom. The van der Waals surface area contributed by atoms with Crippen LogP contribution in [0, 0.1) is 0 Å². The number of methoxy groups -OCH3 is 1. The van der Waals surface area contributed by atoms with Gasteiger partial charge in [0.05, 0.1) is 12.3 Å². The van der Waals surface area contributed by atoms with Gasteiger partial charge in [-0.25, -0.2) is 4.21 Å². The molecule has 2 atom stereocenters. The van der Waals surface area contributed by atoms with E-state index in [0.29, 0.717) is 30.2 Å². The minimum atomic E-state index is -2.14. The molecule has 0 radical (unpaired) electrons. The average molecular weight is 288 g/mol. The van der Waals surface area contributed by atoms with Gasteiger partial charge in [0.15, 0.2) is 0 Å². The van der Waals surface area contributed by atoms with Crippen molar-refractivity contribution in [3.8, 4) is 5.75 Å². The summed E-state index contributed by atoms with van der Waals surface area (Å²) in [5.41, 5.74) is 7.08. The summed E-state index contributed by atoms with van der Waals surface area (Å²) in [6.07, 6.45) is 0.762. The van der Waals surface area contributed by atoms with E-state index >= 15 is 0 Å². The standard InChI is InChI=1S/C12H20N2O4S/c1-9(13)12-10(14-19(15)16)5-3-6-11(12)18-8-4-7-17-2/h3,5-6,9,14H,4,7-8,13H2,1-2H3,(H,15,16). The van der Waals surface area contributed by atoms with Gasteiger partial charge < -0.3 is 15.2 Å². The summed E-state index contributed by atoms with van der Waals surface area (Å²) in [6, 6.07) is 4.91. The number of rotatable bonds is 8. The minimum absolute atomic E-state index is 0.315. The van der Waals surface area contributed by atoms with Crippen molar-refractivity contribution < 1.29 is 18.2 Å². The third-order valence-corrected chi connectivity index (χ3v) is 2.86. The van der Waals surface area contributed by atoms with E-state index in [-0.39, 0.29) is 6.04 Å². The highest BCUT2D eigenvalue weighted by Gasteiger charge is 2.14. The summed E-state index contributed by atoms with van der Waals surface area (Å²) >= 11 is -2.14. The SMILES string of the molecule is COCCCOc1cccc(NS(=O)O)c1C(C)N. The summed E-state index contributed by atoms with van der Waals surface area (Å²) in [4.78, 5) is 0. The molecule has 19 heavy (non-hydrogen) atoms. The molecule has 0 saturated carbocycles. The lowest BCUT2D eigenvalue weighted by atomic mass is 10.1. The van der Waals surface area contributed by atoms with Gasteiger partial charge in [0, 0.05) is 31.7 Å². The normalized spacial score (nSPS) is 13.9. The van der Waals surface area contributed by atoms with E-state index in [9.17, 15) is 4.21 Å². The second-order valence-corrected chi connectivity index (χ2v) is 4.75. The lowest BCUT2D eigenvalue weighted by molar-refractivity contribution is 0.171. The minimum Gasteiger partial charge on any atom is -0.493 e. The quantitative estimate of drug-likeness (QED) is 0.500. The van der Waals surface area contributed by atoms with Crippen molar-refractivity contribution in [1.29, 1.82) is 0 Å². The third kappa shape index (κ3) is 5.15. The molecule has 4 N–H and O–H groups in total. The van der Waals surface area contributed by atoms with Gasteiger partial charge in [-0.2, -0.15) is 0 Å². The Morgan fingerprint density at radius 1 is 1.47 bits per heavy atom. The van der Waals surface area contributed by atoms with E-state index in [0.717, 1.165) is 6.42 Å². The molecule has 0 fully saturated rings. The zero-order valence-electron chi connectivity index (χ0n) is 11.1. The second-order valence-electron chi connectivity index (χ2n) is 4.05. The Balaban J connectivity index is 2.86. The first-order chi connectivity index (χ1) is 9.06. The first kappa shape index (κ1) is 15.9. The molecule has 1 rings (SSSR count). The monoisotopic (exact) mass is 288 g/mol. The molecule has 108 valence electrons. The second kappa shape index (κ2) is 8.11. The zero-order chi connectivity index (χ0) is 14.3. The zero-order valence-corrected chi connectivity index (χ0v) is 11.9. The number of ether oxygens (including phenoxy) is 2. The molecule has 0 aliphatic carbocycles. The van der Waals surface area contributed by atoms with Crippen LogP contribution in [0.15, 0.2) is 18.2 Å². The van der Waals surface area contributed by atoms with Crippen LogP contribution in [0.2, 0.25) is 0 Å². The number of anilines is 1. The molecule has 0 spiro atoms. The summed E-state index contributed by atoms with van der Waals surface area (Å²) in [6.45, 7) is 2.91. The van der Waals surface area contributed by atoms with Gasteiger partial charge >= 0.3 is 0 Å². The molecule has 0 aliphatic heterocycles. The molecule has 0 heterocycles. The molecule has 0 amide bonds. The predicted molar refractivity (Wildman–Crippen MR) is 75.4 cm³/mol. The number of hydrogen-bond acceptors (Lipinski definition) is 4. The van der Waals surface area contributed by atoms with Crippen LogP contribution in [0.1, 0.15) is 24.9 Å². The first-order valence-corrected chi connectivity index (χ1v) is 7.04. The van der Waals surface area contributed by atoms with Crippen LogP contribution in [0.3, 0.4) is 0 Å². The van der Waals surface area contributed by atoms with Gasteiger partial charge in [-0.05, 0) is 19.1 Å². The fourth-order valence-electron chi connectivity index (χ4n) is 1.71. The summed E-state index contributed by atoms with van der Waals surface area (Å²) < 4.78 is 32.8. The van der Waals surface area contributed by atoms with Gasteiger partial charge in [0.2, 0.25) is 0 Å². The van der Waals surface area contributed by atoms with Crippen LogP contribution >= 0.6 is 0 Å². The fourth-order valence-corrected chi connectivity index (χ4v) is 2.07. The molecule has 0 aromatic heterocycles. The number of nitrogens with two attached hydrogens (primary N) is 1. The van der Waals surface area contributed by atoms with Crippen LogP contribution in [-0.2, 0) is 16.0 Å². The topological polar surface area (TPSA) is 93.8 Å². The van der Waals surface area contributed by atoms with Gasteiger partial charge in [0.25, 0.3) is 11.3 Å². The lowest BCUT2D eigenvalue weighted by Gasteiger charge is -2.18. The van der Waals surface area contributed by atoms with Crippen LogP contribution in [0.4, 0.5) is 5.69 Å². The van der Waals surface area contributed by atoms with E-state index in [2.05, 4.69) is 4.72 Å². The van der Waals surface area contributed by atoms with E-state index in [1.165, 1.54) is 0 Å². The van der Waals surface area contributed by atoms with Crippen molar-refractivity contribution in [2.45, 2.75) is 19.4 Å². The van der Waals surface area contributed by atoms with Crippen LogP contribution in [0.25, 0.3) is 0 Å². The first-order valence-electron chi connectivity index (χ1n) is 5.94. The molecule has 0 aliphatic rings. The molecule has 6 nitrogen and oxygen atoms in total. The molecular formula is C12H20N2O4S. The van der Waals surface area contributed by atoms with Crippen molar-refractivity contribution in [3.63, 3.8) is 0 Å². The van der Waals surface area contributed by atoms with Crippen LogP contribution in [-0.4, -0.2) is 29.1 Å². The number of benzene rings is 1. The lowest BCUT2D eigenvalue weighted by Crippen LogP contribution is -2.13. The van der Waals surface area contributed by atoms with Gasteiger partial charge in [-0.15, -0.1) is 0 Å². The Morgan fingerprint density at radius 2 is 2.21 bits per heavy atom. The highest BCUT2D eigenvalue weighted by Crippen LogP contribution is 2.31. The average Bonchev–Trinajstić information content (AvgIpc) is 2.33. The maximum Gasteiger partial charge on any atom is 0.259 e. The number of nitrogens with one attached hydrogen (secondary N) is 1. The predicted octanol–water partition coefficient (Wildman–Crippen LogP) is 1.67. The van der Waals surface area contributed by atoms with Gasteiger partial charge in [-0.3, -0.25) is 9.27 Å². The van der Waals surface area contributed by atoms with Gasteiger partial charge in [0.1, 0.15) is 5.75 Å². The van der Waals surface area contributed by atoms with E-state index in [1.807, 2.05) is 0 Å². The smallest absolute Gasteiger partial charge is 0.259 e. The maximum atomic E-state index is 10.9. The van der Waals surface area contributed by atoms with Crippen molar-refractivity contribution in [2.75, 3.05) is 25.0 Å². The molecular weight excluding hydrogens is 268 g/mol. The van der Waals surface area contributed by atoms with Gasteiger partial charge in [-0.1, -0.05) is 6.07 Å². The molecule has 1 aromatic rings. The highest BCUT2D eigenvalue weighted by molar-refractivity contribution is 7.80. The van der Waals surface area contributed by atoms with Crippen molar-refractivity contribution in [2.24, 2.45) is 5.73 Å². The van der Waals surface area contributed by atoms with Crippen molar-refractivity contribution in [3.05, 3.63) is 23.8 Å². The highest BCUT2D eigenvalue weighted by atomic mass is 32.2. The summed E-state index contributed by atoms with van der Waals surface area (Å²) in [7, 11) is 1.63. The summed E-state index contributed by atoms with van der Waals surface area (Å²) in [5.74, 6) is 0.613. The number of hydrogen-bond donors (Lipinski definition) is 3. The summed E-state index contributed by atoms with van der Waals surface area (Å²) in [5, 5.41) is 0. The molecule has 1 aromatic carbocycles.